The smallest absolute Gasteiger partial charge is 0.330 e. The fourth-order valence-electron chi connectivity index (χ4n) is 2.24. The Morgan fingerprint density at radius 3 is 3.05 bits per heavy atom. The predicted molar refractivity (Wildman–Crippen MR) is 74.9 cm³/mol. The van der Waals surface area contributed by atoms with Crippen LogP contribution in [0.3, 0.4) is 0 Å². The molecule has 7 heteroatoms. The van der Waals surface area contributed by atoms with Gasteiger partial charge in [0.25, 0.3) is 5.56 Å². The van der Waals surface area contributed by atoms with E-state index in [4.69, 9.17) is 4.74 Å². The summed E-state index contributed by atoms with van der Waals surface area (Å²) in [4.78, 5) is 32.6. The number of nitrogens with one attached hydrogen (secondary N) is 2. The van der Waals surface area contributed by atoms with Crippen molar-refractivity contribution < 1.29 is 9.53 Å². The van der Waals surface area contributed by atoms with Crippen molar-refractivity contribution in [1.82, 2.24) is 15.3 Å². The number of H-pyrrole nitrogens is 1. The quantitative estimate of drug-likeness (QED) is 0.735. The molecule has 1 aliphatic heterocycles. The van der Waals surface area contributed by atoms with E-state index in [0.717, 1.165) is 6.54 Å². The van der Waals surface area contributed by atoms with Gasteiger partial charge < -0.3 is 19.9 Å². The van der Waals surface area contributed by atoms with E-state index in [-0.39, 0.29) is 11.5 Å². The van der Waals surface area contributed by atoms with E-state index >= 15 is 0 Å². The third-order valence-corrected chi connectivity index (χ3v) is 3.21. The van der Waals surface area contributed by atoms with Gasteiger partial charge in [-0.2, -0.15) is 0 Å². The van der Waals surface area contributed by atoms with Crippen LogP contribution in [0.15, 0.2) is 10.9 Å². The zero-order valence-corrected chi connectivity index (χ0v) is 11.8. The summed E-state index contributed by atoms with van der Waals surface area (Å²) in [6.07, 6.45) is 0.638. The molecule has 1 saturated heterocycles. The van der Waals surface area contributed by atoms with Gasteiger partial charge in [0.15, 0.2) is 0 Å². The van der Waals surface area contributed by atoms with E-state index < -0.39 is 6.04 Å². The van der Waals surface area contributed by atoms with Crippen molar-refractivity contribution in [3.63, 3.8) is 0 Å². The topological polar surface area (TPSA) is 87.3 Å². The highest BCUT2D eigenvalue weighted by Crippen LogP contribution is 2.15. The molecule has 0 aliphatic carbocycles. The van der Waals surface area contributed by atoms with Gasteiger partial charge in [-0.05, 0) is 6.92 Å². The maximum Gasteiger partial charge on any atom is 0.330 e. The molecule has 0 spiro atoms. The monoisotopic (exact) mass is 280 g/mol. The lowest BCUT2D eigenvalue weighted by atomic mass is 10.2. The number of rotatable bonds is 4. The lowest BCUT2D eigenvalue weighted by Gasteiger charge is -2.35. The molecule has 1 aromatic rings. The van der Waals surface area contributed by atoms with Gasteiger partial charge in [-0.1, -0.05) is 6.92 Å². The summed E-state index contributed by atoms with van der Waals surface area (Å²) in [7, 11) is 0. The van der Waals surface area contributed by atoms with Crippen molar-refractivity contribution >= 4 is 11.8 Å². The number of aromatic amines is 1. The highest BCUT2D eigenvalue weighted by atomic mass is 16.5. The zero-order valence-electron chi connectivity index (χ0n) is 11.8. The Morgan fingerprint density at radius 1 is 1.55 bits per heavy atom. The fourth-order valence-corrected chi connectivity index (χ4v) is 2.24. The molecule has 20 heavy (non-hydrogen) atoms. The second-order valence-corrected chi connectivity index (χ2v) is 4.57. The first-order valence-electron chi connectivity index (χ1n) is 6.90. The molecule has 0 radical (unpaired) electrons. The van der Waals surface area contributed by atoms with Gasteiger partial charge in [0.1, 0.15) is 17.7 Å². The van der Waals surface area contributed by atoms with Gasteiger partial charge in [0.05, 0.1) is 6.61 Å². The van der Waals surface area contributed by atoms with E-state index in [9.17, 15) is 9.59 Å². The van der Waals surface area contributed by atoms with Gasteiger partial charge in [-0.3, -0.25) is 4.79 Å². The maximum atomic E-state index is 12.0. The second-order valence-electron chi connectivity index (χ2n) is 4.57. The molecule has 1 fully saturated rings. The number of hydrogen-bond acceptors (Lipinski definition) is 6. The van der Waals surface area contributed by atoms with Crippen molar-refractivity contribution in [3.05, 3.63) is 22.2 Å². The third-order valence-electron chi connectivity index (χ3n) is 3.21. The Balaban J connectivity index is 2.29. The van der Waals surface area contributed by atoms with Crippen LogP contribution in [0.5, 0.6) is 0 Å². The fraction of sp³-hybridized carbons (Fsp3) is 0.615. The third kappa shape index (κ3) is 3.16. The molecule has 0 amide bonds. The van der Waals surface area contributed by atoms with E-state index in [2.05, 4.69) is 15.3 Å². The van der Waals surface area contributed by atoms with Gasteiger partial charge in [-0.25, -0.2) is 9.78 Å². The standard InChI is InChI=1S/C13H20N4O3/c1-3-10-15-11(7-12(18)16-10)17-6-5-14-8-9(17)13(19)20-4-2/h7,9,14H,3-6,8H2,1-2H3,(H,15,16,18). The Kier molecular flexibility index (Phi) is 4.73. The number of anilines is 1. The Labute approximate surface area is 117 Å². The highest BCUT2D eigenvalue weighted by molar-refractivity contribution is 5.80. The first-order valence-corrected chi connectivity index (χ1v) is 6.90. The zero-order chi connectivity index (χ0) is 14.5. The van der Waals surface area contributed by atoms with Gasteiger partial charge in [0, 0.05) is 32.1 Å². The molecule has 2 heterocycles. The highest BCUT2D eigenvalue weighted by Gasteiger charge is 2.31. The van der Waals surface area contributed by atoms with Crippen molar-refractivity contribution in [2.24, 2.45) is 0 Å². The number of carbonyl (C=O) groups is 1. The SMILES string of the molecule is CCOC(=O)C1CNCCN1c1cc(=O)[nH]c(CC)n1. The van der Waals surface area contributed by atoms with Crippen LogP contribution in [0.25, 0.3) is 0 Å². The number of piperazine rings is 1. The number of nitrogens with zero attached hydrogens (tertiary/aromatic N) is 2. The van der Waals surface area contributed by atoms with Crippen LogP contribution in [-0.4, -0.2) is 48.2 Å². The van der Waals surface area contributed by atoms with Crippen LogP contribution < -0.4 is 15.8 Å². The number of esters is 1. The molecule has 0 aromatic carbocycles. The minimum atomic E-state index is -0.442. The first kappa shape index (κ1) is 14.5. The van der Waals surface area contributed by atoms with Gasteiger partial charge in [-0.15, -0.1) is 0 Å². The van der Waals surface area contributed by atoms with Crippen molar-refractivity contribution in [3.8, 4) is 0 Å². The van der Waals surface area contributed by atoms with Crippen molar-refractivity contribution in [1.29, 1.82) is 0 Å². The van der Waals surface area contributed by atoms with Gasteiger partial charge >= 0.3 is 5.97 Å². The first-order chi connectivity index (χ1) is 9.65. The van der Waals surface area contributed by atoms with Crippen LogP contribution in [0.1, 0.15) is 19.7 Å². The molecule has 0 bridgehead atoms. The largest absolute Gasteiger partial charge is 0.464 e. The number of ether oxygens (including phenoxy) is 1. The molecular formula is C13H20N4O3. The van der Waals surface area contributed by atoms with Crippen LogP contribution in [0.2, 0.25) is 0 Å². The summed E-state index contributed by atoms with van der Waals surface area (Å²) in [5.41, 5.74) is -0.201. The minimum Gasteiger partial charge on any atom is -0.464 e. The molecule has 2 N–H and O–H groups in total. The predicted octanol–water partition coefficient (Wildman–Crippen LogP) is -0.326. The average molecular weight is 280 g/mol. The van der Waals surface area contributed by atoms with Crippen LogP contribution in [0.4, 0.5) is 5.82 Å². The average Bonchev–Trinajstić information content (AvgIpc) is 2.46. The van der Waals surface area contributed by atoms with E-state index in [0.29, 0.717) is 37.8 Å². The molecule has 110 valence electrons. The molecule has 1 atom stereocenters. The molecule has 7 nitrogen and oxygen atoms in total. The van der Waals surface area contributed by atoms with E-state index in [1.54, 1.807) is 6.92 Å². The number of aryl methyl sites for hydroxylation is 1. The summed E-state index contributed by atoms with van der Waals surface area (Å²) in [6, 6.07) is 0.985. The summed E-state index contributed by atoms with van der Waals surface area (Å²) in [5, 5.41) is 3.16. The summed E-state index contributed by atoms with van der Waals surface area (Å²) in [5.74, 6) is 0.860. The number of hydrogen-bond donors (Lipinski definition) is 2. The van der Waals surface area contributed by atoms with Gasteiger partial charge in [0.2, 0.25) is 0 Å². The van der Waals surface area contributed by atoms with E-state index in [1.165, 1.54) is 6.07 Å². The number of carbonyl (C=O) groups excluding carboxylic acids is 1. The molecule has 0 saturated carbocycles. The molecular weight excluding hydrogens is 260 g/mol. The Hall–Kier alpha value is -1.89. The van der Waals surface area contributed by atoms with E-state index in [1.807, 2.05) is 11.8 Å². The lowest BCUT2D eigenvalue weighted by Crippen LogP contribution is -2.56. The van der Waals surface area contributed by atoms with Crippen LogP contribution in [-0.2, 0) is 16.0 Å². The summed E-state index contributed by atoms with van der Waals surface area (Å²) in [6.45, 7) is 5.89. The lowest BCUT2D eigenvalue weighted by molar-refractivity contribution is -0.144. The van der Waals surface area contributed by atoms with Crippen LogP contribution in [0, 0.1) is 0 Å². The number of aromatic nitrogens is 2. The second kappa shape index (κ2) is 6.51. The van der Waals surface area contributed by atoms with Crippen molar-refractivity contribution in [2.75, 3.05) is 31.1 Å². The summed E-state index contributed by atoms with van der Waals surface area (Å²) >= 11 is 0. The minimum absolute atomic E-state index is 0.201. The Morgan fingerprint density at radius 2 is 2.35 bits per heavy atom. The maximum absolute atomic E-state index is 12.0. The normalized spacial score (nSPS) is 18.9. The summed E-state index contributed by atoms with van der Waals surface area (Å²) < 4.78 is 5.09. The molecule has 1 aliphatic rings. The van der Waals surface area contributed by atoms with Crippen LogP contribution >= 0.6 is 0 Å². The van der Waals surface area contributed by atoms with Crippen molar-refractivity contribution in [2.45, 2.75) is 26.3 Å². The Bertz CT molecular complexity index is 529. The molecule has 2 rings (SSSR count). The molecule has 1 unspecified atom stereocenters. The molecule has 1 aromatic heterocycles.